The molecule has 0 aliphatic carbocycles. The molecule has 1 saturated heterocycles. The quantitative estimate of drug-likeness (QED) is 0.849. The van der Waals surface area contributed by atoms with Crippen LogP contribution in [0.2, 0.25) is 0 Å². The highest BCUT2D eigenvalue weighted by molar-refractivity contribution is 7.89. The van der Waals surface area contributed by atoms with Crippen LogP contribution in [0.25, 0.3) is 0 Å². The predicted octanol–water partition coefficient (Wildman–Crippen LogP) is 1.23. The highest BCUT2D eigenvalue weighted by Gasteiger charge is 2.29. The van der Waals surface area contributed by atoms with Crippen molar-refractivity contribution >= 4 is 15.7 Å². The fraction of sp³-hybridized carbons (Fsp3) is 0.571. The summed E-state index contributed by atoms with van der Waals surface area (Å²) in [6.07, 6.45) is 0. The molecule has 0 atom stereocenters. The summed E-state index contributed by atoms with van der Waals surface area (Å²) in [5.74, 6) is 0.600. The molecule has 0 saturated carbocycles. The van der Waals surface area contributed by atoms with Crippen LogP contribution >= 0.6 is 0 Å². The fourth-order valence-corrected chi connectivity index (χ4v) is 4.06. The average molecular weight is 297 g/mol. The van der Waals surface area contributed by atoms with Crippen LogP contribution in [-0.2, 0) is 10.0 Å². The molecular formula is C14H23N3O2S. The number of hydrogen-bond donors (Lipinski definition) is 1. The minimum absolute atomic E-state index is 0.220. The third-order valence-corrected chi connectivity index (χ3v) is 5.46. The molecule has 1 heterocycles. The van der Waals surface area contributed by atoms with Crippen molar-refractivity contribution in [2.24, 2.45) is 5.92 Å². The van der Waals surface area contributed by atoms with Crippen LogP contribution in [0.15, 0.2) is 29.2 Å². The number of sulfonamides is 1. The van der Waals surface area contributed by atoms with E-state index in [1.165, 1.54) is 4.31 Å². The van der Waals surface area contributed by atoms with Crippen molar-refractivity contribution in [2.75, 3.05) is 38.5 Å². The Balaban J connectivity index is 2.08. The largest absolute Gasteiger partial charge is 0.398 e. The SMILES string of the molecule is CC(C)CN1CCN(S(=O)(=O)c2ccccc2N)CC1. The van der Waals surface area contributed by atoms with Gasteiger partial charge in [0.05, 0.1) is 5.69 Å². The maximum atomic E-state index is 12.6. The molecule has 112 valence electrons. The molecule has 2 N–H and O–H groups in total. The van der Waals surface area contributed by atoms with Crippen LogP contribution in [0.3, 0.4) is 0 Å². The van der Waals surface area contributed by atoms with Gasteiger partial charge >= 0.3 is 0 Å². The first-order valence-electron chi connectivity index (χ1n) is 6.98. The Labute approximate surface area is 121 Å². The lowest BCUT2D eigenvalue weighted by Crippen LogP contribution is -2.49. The third kappa shape index (κ3) is 3.31. The zero-order chi connectivity index (χ0) is 14.8. The number of nitrogens with zero attached hydrogens (tertiary/aromatic N) is 2. The first-order valence-corrected chi connectivity index (χ1v) is 8.42. The van der Waals surface area contributed by atoms with Gasteiger partial charge in [-0.05, 0) is 18.1 Å². The minimum Gasteiger partial charge on any atom is -0.398 e. The van der Waals surface area contributed by atoms with E-state index in [0.29, 0.717) is 24.7 Å². The second-order valence-corrected chi connectivity index (χ2v) is 7.54. The summed E-state index contributed by atoms with van der Waals surface area (Å²) < 4.78 is 26.7. The van der Waals surface area contributed by atoms with Crippen LogP contribution in [0.5, 0.6) is 0 Å². The maximum absolute atomic E-state index is 12.6. The zero-order valence-electron chi connectivity index (χ0n) is 12.1. The van der Waals surface area contributed by atoms with Crippen LogP contribution in [0, 0.1) is 5.92 Å². The first-order chi connectivity index (χ1) is 9.41. The van der Waals surface area contributed by atoms with E-state index in [2.05, 4.69) is 18.7 Å². The Bertz CT molecular complexity index is 549. The second-order valence-electron chi connectivity index (χ2n) is 5.64. The molecule has 1 aromatic carbocycles. The molecule has 1 fully saturated rings. The first kappa shape index (κ1) is 15.3. The summed E-state index contributed by atoms with van der Waals surface area (Å²) in [6, 6.07) is 6.65. The van der Waals surface area contributed by atoms with Crippen molar-refractivity contribution in [3.05, 3.63) is 24.3 Å². The van der Waals surface area contributed by atoms with Crippen molar-refractivity contribution in [2.45, 2.75) is 18.7 Å². The smallest absolute Gasteiger partial charge is 0.245 e. The molecule has 0 amide bonds. The van der Waals surface area contributed by atoms with Crippen LogP contribution < -0.4 is 5.73 Å². The molecule has 0 bridgehead atoms. The molecule has 1 aromatic rings. The average Bonchev–Trinajstić information content (AvgIpc) is 2.39. The van der Waals surface area contributed by atoms with Gasteiger partial charge in [0.1, 0.15) is 4.90 Å². The number of para-hydroxylation sites is 1. The standard InChI is InChI=1S/C14H23N3O2S/c1-12(2)11-16-7-9-17(10-8-16)20(18,19)14-6-4-3-5-13(14)15/h3-6,12H,7-11,15H2,1-2H3. The molecule has 0 unspecified atom stereocenters. The van der Waals surface area contributed by atoms with Gasteiger partial charge in [0.15, 0.2) is 0 Å². The summed E-state index contributed by atoms with van der Waals surface area (Å²) in [5.41, 5.74) is 6.11. The lowest BCUT2D eigenvalue weighted by atomic mass is 10.2. The van der Waals surface area contributed by atoms with Gasteiger partial charge in [-0.3, -0.25) is 0 Å². The highest BCUT2D eigenvalue weighted by Crippen LogP contribution is 2.23. The topological polar surface area (TPSA) is 66.6 Å². The van der Waals surface area contributed by atoms with Gasteiger partial charge in [-0.25, -0.2) is 8.42 Å². The normalized spacial score (nSPS) is 18.6. The number of nitrogens with two attached hydrogens (primary N) is 1. The summed E-state index contributed by atoms with van der Waals surface area (Å²) in [7, 11) is -3.46. The maximum Gasteiger partial charge on any atom is 0.245 e. The van der Waals surface area contributed by atoms with E-state index in [1.54, 1.807) is 24.3 Å². The molecular weight excluding hydrogens is 274 g/mol. The van der Waals surface area contributed by atoms with E-state index in [0.717, 1.165) is 19.6 Å². The van der Waals surface area contributed by atoms with Gasteiger partial charge < -0.3 is 10.6 Å². The number of anilines is 1. The highest BCUT2D eigenvalue weighted by atomic mass is 32.2. The van der Waals surface area contributed by atoms with Gasteiger partial charge in [-0.15, -0.1) is 0 Å². The number of piperazine rings is 1. The van der Waals surface area contributed by atoms with Gasteiger partial charge in [0.2, 0.25) is 10.0 Å². The van der Waals surface area contributed by atoms with Crippen LogP contribution in [-0.4, -0.2) is 50.3 Å². The van der Waals surface area contributed by atoms with Crippen LogP contribution in [0.4, 0.5) is 5.69 Å². The lowest BCUT2D eigenvalue weighted by molar-refractivity contribution is 0.172. The zero-order valence-corrected chi connectivity index (χ0v) is 12.9. The summed E-state index contributed by atoms with van der Waals surface area (Å²) in [4.78, 5) is 2.53. The second kappa shape index (κ2) is 6.11. The van der Waals surface area contributed by atoms with Crippen molar-refractivity contribution < 1.29 is 8.42 Å². The molecule has 0 spiro atoms. The molecule has 5 nitrogen and oxygen atoms in total. The Kier molecular flexibility index (Phi) is 4.67. The molecule has 6 heteroatoms. The molecule has 0 aromatic heterocycles. The van der Waals surface area contributed by atoms with E-state index in [-0.39, 0.29) is 4.90 Å². The van der Waals surface area contributed by atoms with Gasteiger partial charge in [0.25, 0.3) is 0 Å². The Morgan fingerprint density at radius 1 is 1.15 bits per heavy atom. The molecule has 0 radical (unpaired) electrons. The Morgan fingerprint density at radius 2 is 1.75 bits per heavy atom. The Morgan fingerprint density at radius 3 is 2.30 bits per heavy atom. The monoisotopic (exact) mass is 297 g/mol. The number of nitrogen functional groups attached to an aromatic ring is 1. The minimum atomic E-state index is -3.46. The molecule has 2 rings (SSSR count). The Hall–Kier alpha value is -1.11. The lowest BCUT2D eigenvalue weighted by Gasteiger charge is -2.34. The molecule has 1 aliphatic rings. The predicted molar refractivity (Wildman–Crippen MR) is 80.9 cm³/mol. The van der Waals surface area contributed by atoms with Crippen LogP contribution in [0.1, 0.15) is 13.8 Å². The van der Waals surface area contributed by atoms with E-state index < -0.39 is 10.0 Å². The van der Waals surface area contributed by atoms with Crippen molar-refractivity contribution in [3.8, 4) is 0 Å². The summed E-state index contributed by atoms with van der Waals surface area (Å²) in [6.45, 7) is 7.99. The van der Waals surface area contributed by atoms with E-state index in [9.17, 15) is 8.42 Å². The van der Waals surface area contributed by atoms with Gasteiger partial charge in [-0.1, -0.05) is 26.0 Å². The van der Waals surface area contributed by atoms with E-state index in [4.69, 9.17) is 5.73 Å². The number of hydrogen-bond acceptors (Lipinski definition) is 4. The number of rotatable bonds is 4. The number of benzene rings is 1. The summed E-state index contributed by atoms with van der Waals surface area (Å²) >= 11 is 0. The van der Waals surface area contributed by atoms with Gasteiger partial charge in [-0.2, -0.15) is 4.31 Å². The molecule has 1 aliphatic heterocycles. The van der Waals surface area contributed by atoms with Gasteiger partial charge in [0, 0.05) is 32.7 Å². The van der Waals surface area contributed by atoms with E-state index >= 15 is 0 Å². The fourth-order valence-electron chi connectivity index (χ4n) is 2.52. The van der Waals surface area contributed by atoms with Crippen molar-refractivity contribution in [3.63, 3.8) is 0 Å². The van der Waals surface area contributed by atoms with E-state index in [1.807, 2.05) is 0 Å². The molecule has 20 heavy (non-hydrogen) atoms. The van der Waals surface area contributed by atoms with Crippen molar-refractivity contribution in [1.82, 2.24) is 9.21 Å². The third-order valence-electron chi connectivity index (χ3n) is 3.49. The van der Waals surface area contributed by atoms with Crippen molar-refractivity contribution in [1.29, 1.82) is 0 Å². The summed E-state index contributed by atoms with van der Waals surface area (Å²) in [5, 5.41) is 0.